The first-order chi connectivity index (χ1) is 21.8. The fourth-order valence-corrected chi connectivity index (χ4v) is 5.98. The van der Waals surface area contributed by atoms with Crippen molar-refractivity contribution in [2.75, 3.05) is 43.6 Å². The van der Waals surface area contributed by atoms with E-state index >= 15 is 0 Å². The van der Waals surface area contributed by atoms with Crippen LogP contribution in [0.3, 0.4) is 0 Å². The number of aromatic nitrogens is 3. The summed E-state index contributed by atoms with van der Waals surface area (Å²) < 4.78 is 94.2. The number of carbonyl (C=O) groups is 2. The Morgan fingerprint density at radius 2 is 1.85 bits per heavy atom. The number of alkyl halides is 5. The molecule has 2 atom stereocenters. The van der Waals surface area contributed by atoms with Crippen LogP contribution in [0.15, 0.2) is 35.2 Å². The van der Waals surface area contributed by atoms with E-state index in [0.717, 1.165) is 23.3 Å². The van der Waals surface area contributed by atoms with Crippen LogP contribution in [0.2, 0.25) is 0 Å². The fraction of sp³-hybridized carbons (Fsp3) is 0.464. The van der Waals surface area contributed by atoms with Gasteiger partial charge in [0.1, 0.15) is 28.7 Å². The monoisotopic (exact) mass is 689 g/mol. The molecule has 1 aliphatic rings. The number of sulfone groups is 1. The summed E-state index contributed by atoms with van der Waals surface area (Å²) >= 11 is 0. The number of hydrogen-bond donors (Lipinski definition) is 3. The highest BCUT2D eigenvalue weighted by atomic mass is 32.2. The zero-order chi connectivity index (χ0) is 34.8. The molecule has 1 aliphatic heterocycles. The first-order valence-corrected chi connectivity index (χ1v) is 16.0. The number of hydrogen-bond acceptors (Lipinski definition) is 10. The van der Waals surface area contributed by atoms with E-state index in [1.54, 1.807) is 13.8 Å². The number of benzene rings is 1. The minimum Gasteiger partial charge on any atom is -0.465 e. The lowest BCUT2D eigenvalue weighted by molar-refractivity contribution is -0.136. The van der Waals surface area contributed by atoms with E-state index in [2.05, 4.69) is 30.3 Å². The average Bonchev–Trinajstić information content (AvgIpc) is 3.43. The van der Waals surface area contributed by atoms with E-state index in [0.29, 0.717) is 13.0 Å². The lowest BCUT2D eigenvalue weighted by Crippen LogP contribution is -2.51. The summed E-state index contributed by atoms with van der Waals surface area (Å²) in [6, 6.07) is 4.87. The van der Waals surface area contributed by atoms with Crippen LogP contribution in [0.1, 0.15) is 20.3 Å². The van der Waals surface area contributed by atoms with Crippen LogP contribution >= 0.6 is 0 Å². The van der Waals surface area contributed by atoms with Crippen LogP contribution in [0.5, 0.6) is 5.75 Å². The molecule has 1 saturated heterocycles. The Morgan fingerprint density at radius 3 is 2.45 bits per heavy atom. The molecule has 0 aliphatic carbocycles. The van der Waals surface area contributed by atoms with E-state index in [1.165, 1.54) is 30.1 Å². The van der Waals surface area contributed by atoms with Crippen molar-refractivity contribution in [3.8, 4) is 17.0 Å². The lowest BCUT2D eigenvalue weighted by atomic mass is 10.0. The maximum absolute atomic E-state index is 13.2. The van der Waals surface area contributed by atoms with Crippen molar-refractivity contribution in [2.45, 2.75) is 50.0 Å². The minimum absolute atomic E-state index is 0.0630. The van der Waals surface area contributed by atoms with Gasteiger partial charge in [0.2, 0.25) is 11.9 Å². The molecule has 19 heteroatoms. The van der Waals surface area contributed by atoms with Crippen LogP contribution in [-0.4, -0.2) is 108 Å². The van der Waals surface area contributed by atoms with Gasteiger partial charge in [-0.3, -0.25) is 9.69 Å². The molecule has 1 aromatic carbocycles. The first-order valence-electron chi connectivity index (χ1n) is 14.1. The predicted octanol–water partition coefficient (Wildman–Crippen LogP) is 4.32. The molecule has 2 amide bonds. The Kier molecular flexibility index (Phi) is 10.3. The van der Waals surface area contributed by atoms with Crippen LogP contribution in [0.4, 0.5) is 38.5 Å². The van der Waals surface area contributed by atoms with Crippen molar-refractivity contribution >= 4 is 44.6 Å². The topological polar surface area (TPSA) is 167 Å². The SMILES string of the molecule is CC(C)[C@H](C(=O)N1CC[C@H](Nc2nc(NCC(F)(F)F)c3nc(-c4ccc(OC(F)F)c(S(C)(=O)=O)c4)ccc3n2)C1)N(C)C(=O)O. The molecule has 256 valence electrons. The summed E-state index contributed by atoms with van der Waals surface area (Å²) in [4.78, 5) is 39.6. The summed E-state index contributed by atoms with van der Waals surface area (Å²) in [5, 5.41) is 14.6. The number of ether oxygens (including phenoxy) is 1. The number of nitrogens with one attached hydrogen (secondary N) is 2. The Hall–Kier alpha value is -4.55. The molecule has 3 heterocycles. The standard InChI is InChI=1S/C28H32F5N7O6S/c1-14(2)22(39(3)27(42)43)24(41)40-10-9-16(12-40)35-26-37-18-7-6-17(36-21(18)23(38-26)34-13-28(31,32)33)15-5-8-19(46-25(29)30)20(11-15)47(4,44)45/h5-8,11,14,16,22,25H,9-10,12-13H2,1-4H3,(H,42,43)(H2,34,35,37,38)/t16-,22+/m0/s1. The van der Waals surface area contributed by atoms with E-state index in [9.17, 15) is 45.1 Å². The second-order valence-electron chi connectivity index (χ2n) is 11.2. The molecule has 4 rings (SSSR count). The van der Waals surface area contributed by atoms with Crippen molar-refractivity contribution < 1.29 is 49.8 Å². The molecule has 0 bridgehead atoms. The summed E-state index contributed by atoms with van der Waals surface area (Å²) in [5.41, 5.74) is 0.250. The Bertz CT molecular complexity index is 1760. The van der Waals surface area contributed by atoms with Crippen LogP contribution in [-0.2, 0) is 14.6 Å². The quantitative estimate of drug-likeness (QED) is 0.246. The minimum atomic E-state index is -4.63. The Morgan fingerprint density at radius 1 is 1.15 bits per heavy atom. The summed E-state index contributed by atoms with van der Waals surface area (Å²) in [5.74, 6) is -1.63. The number of rotatable bonds is 11. The Labute approximate surface area is 266 Å². The fourth-order valence-electron chi connectivity index (χ4n) is 5.16. The molecule has 1 fully saturated rings. The van der Waals surface area contributed by atoms with Crippen LogP contribution < -0.4 is 15.4 Å². The third kappa shape index (κ3) is 8.63. The van der Waals surface area contributed by atoms with Gasteiger partial charge in [-0.05, 0) is 42.7 Å². The number of carboxylic acid groups (broad SMARTS) is 1. The van der Waals surface area contributed by atoms with Gasteiger partial charge in [-0.2, -0.15) is 26.9 Å². The largest absolute Gasteiger partial charge is 0.465 e. The second-order valence-corrected chi connectivity index (χ2v) is 13.2. The number of halogens is 5. The summed E-state index contributed by atoms with van der Waals surface area (Å²) in [7, 11) is -2.72. The maximum atomic E-state index is 13.2. The first kappa shape index (κ1) is 35.3. The number of anilines is 2. The van der Waals surface area contributed by atoms with Crippen molar-refractivity contribution in [2.24, 2.45) is 5.92 Å². The molecular formula is C28H32F5N7O6S. The molecular weight excluding hydrogens is 657 g/mol. The number of carbonyl (C=O) groups excluding carboxylic acids is 1. The number of fused-ring (bicyclic) bond motifs is 1. The smallest absolute Gasteiger partial charge is 0.407 e. The molecule has 13 nitrogen and oxygen atoms in total. The predicted molar refractivity (Wildman–Crippen MR) is 160 cm³/mol. The highest BCUT2D eigenvalue weighted by molar-refractivity contribution is 7.90. The maximum Gasteiger partial charge on any atom is 0.407 e. The lowest BCUT2D eigenvalue weighted by Gasteiger charge is -2.31. The number of likely N-dealkylation sites (N-methyl/N-ethyl adjacent to an activating group) is 1. The van der Waals surface area contributed by atoms with Crippen molar-refractivity contribution in [3.05, 3.63) is 30.3 Å². The molecule has 0 unspecified atom stereocenters. The van der Waals surface area contributed by atoms with Gasteiger partial charge in [-0.1, -0.05) is 13.8 Å². The van der Waals surface area contributed by atoms with Gasteiger partial charge < -0.3 is 25.4 Å². The second kappa shape index (κ2) is 13.7. The molecule has 3 N–H and O–H groups in total. The van der Waals surface area contributed by atoms with Gasteiger partial charge in [0.25, 0.3) is 0 Å². The van der Waals surface area contributed by atoms with Gasteiger partial charge in [0.05, 0.1) is 11.2 Å². The average molecular weight is 690 g/mol. The third-order valence-electron chi connectivity index (χ3n) is 7.29. The summed E-state index contributed by atoms with van der Waals surface area (Å²) in [6.45, 7) is -0.845. The van der Waals surface area contributed by atoms with Crippen molar-refractivity contribution in [3.63, 3.8) is 0 Å². The zero-order valence-electron chi connectivity index (χ0n) is 25.5. The van der Waals surface area contributed by atoms with E-state index in [1.807, 2.05) is 0 Å². The molecule has 47 heavy (non-hydrogen) atoms. The van der Waals surface area contributed by atoms with Gasteiger partial charge >= 0.3 is 18.9 Å². The number of amides is 2. The zero-order valence-corrected chi connectivity index (χ0v) is 26.4. The number of likely N-dealkylation sites (tertiary alicyclic amines) is 1. The van der Waals surface area contributed by atoms with Crippen molar-refractivity contribution in [1.29, 1.82) is 0 Å². The van der Waals surface area contributed by atoms with E-state index in [4.69, 9.17) is 0 Å². The van der Waals surface area contributed by atoms with Crippen molar-refractivity contribution in [1.82, 2.24) is 24.8 Å². The molecule has 2 aromatic heterocycles. The van der Waals surface area contributed by atoms with Gasteiger partial charge in [-0.15, -0.1) is 0 Å². The summed E-state index contributed by atoms with van der Waals surface area (Å²) in [6.07, 6.45) is -4.66. The number of nitrogens with zero attached hydrogens (tertiary/aromatic N) is 5. The third-order valence-corrected chi connectivity index (χ3v) is 8.41. The number of pyridine rings is 1. The normalized spacial score (nSPS) is 16.1. The molecule has 0 saturated carbocycles. The van der Waals surface area contributed by atoms with Crippen LogP contribution in [0.25, 0.3) is 22.3 Å². The van der Waals surface area contributed by atoms with E-state index < -0.39 is 58.0 Å². The van der Waals surface area contributed by atoms with E-state index in [-0.39, 0.29) is 52.4 Å². The molecule has 0 radical (unpaired) electrons. The van der Waals surface area contributed by atoms with Gasteiger partial charge in [0, 0.05) is 38.0 Å². The molecule has 0 spiro atoms. The molecule has 3 aromatic rings. The van der Waals surface area contributed by atoms with Gasteiger partial charge in [0.15, 0.2) is 15.7 Å². The highest BCUT2D eigenvalue weighted by Crippen LogP contribution is 2.32. The highest BCUT2D eigenvalue weighted by Gasteiger charge is 2.37. The van der Waals surface area contributed by atoms with Crippen LogP contribution in [0, 0.1) is 5.92 Å². The van der Waals surface area contributed by atoms with Gasteiger partial charge in [-0.25, -0.2) is 23.2 Å². The Balaban J connectivity index is 1.65.